The Labute approximate surface area is 239 Å². The van der Waals surface area contributed by atoms with Crippen molar-refractivity contribution in [3.8, 4) is 5.75 Å². The van der Waals surface area contributed by atoms with Crippen LogP contribution in [-0.4, -0.2) is 39.8 Å². The topological polar surface area (TPSA) is 131 Å². The van der Waals surface area contributed by atoms with E-state index in [1.807, 2.05) is 39.0 Å². The number of esters is 1. The number of anilines is 1. The number of hydrogen-bond donors (Lipinski definition) is 3. The van der Waals surface area contributed by atoms with Crippen molar-refractivity contribution in [3.63, 3.8) is 0 Å². The summed E-state index contributed by atoms with van der Waals surface area (Å²) in [6.45, 7) is 9.56. The van der Waals surface area contributed by atoms with E-state index in [0.29, 0.717) is 24.1 Å². The minimum absolute atomic E-state index is 0.0356. The molecule has 1 atom stereocenters. The fourth-order valence-electron chi connectivity index (χ4n) is 4.54. The molecule has 0 fully saturated rings. The second-order valence-corrected chi connectivity index (χ2v) is 14.0. The van der Waals surface area contributed by atoms with E-state index in [0.717, 1.165) is 27.8 Å². The van der Waals surface area contributed by atoms with Crippen molar-refractivity contribution >= 4 is 33.4 Å². The predicted molar refractivity (Wildman–Crippen MR) is 155 cm³/mol. The van der Waals surface area contributed by atoms with E-state index in [9.17, 15) is 23.4 Å². The molecule has 1 unspecified atom stereocenters. The van der Waals surface area contributed by atoms with Crippen molar-refractivity contribution in [1.29, 1.82) is 0 Å². The highest BCUT2D eigenvalue weighted by molar-refractivity contribution is 8.04. The number of carbonyl (C=O) groups is 1. The summed E-state index contributed by atoms with van der Waals surface area (Å²) in [6, 6.07) is 10.4. The Hall–Kier alpha value is -3.44. The van der Waals surface area contributed by atoms with Crippen LogP contribution in [0.3, 0.4) is 0 Å². The average Bonchev–Trinajstić information content (AvgIpc) is 3.29. The third-order valence-corrected chi connectivity index (χ3v) is 9.34. The Bertz CT molecular complexity index is 1570. The minimum atomic E-state index is -3.92. The van der Waals surface area contributed by atoms with Crippen LogP contribution in [-0.2, 0) is 38.4 Å². The van der Waals surface area contributed by atoms with Crippen molar-refractivity contribution in [2.24, 2.45) is 7.05 Å². The first-order valence-corrected chi connectivity index (χ1v) is 15.1. The van der Waals surface area contributed by atoms with Crippen LogP contribution in [0.4, 0.5) is 5.69 Å². The molecule has 0 bridgehead atoms. The molecule has 3 aromatic rings. The van der Waals surface area contributed by atoms with E-state index in [-0.39, 0.29) is 28.0 Å². The zero-order chi connectivity index (χ0) is 29.5. The standard InChI is InChI=1S/C29H35N3O6S2/c1-18-15-24(21(28(2,3)4)16-22(18)31-40(36,37)27-30-13-14-32(27)6)39-25-23(34)17-29(5,38-26(25)35)12-11-19-7-9-20(33)10-8-19/h7-10,13-16,31,33-34H,11-12,17H2,1-6H3. The van der Waals surface area contributed by atoms with Gasteiger partial charge in [-0.25, -0.2) is 9.78 Å². The van der Waals surface area contributed by atoms with Gasteiger partial charge in [0.25, 0.3) is 10.0 Å². The number of aliphatic hydroxyl groups is 1. The first-order chi connectivity index (χ1) is 18.6. The van der Waals surface area contributed by atoms with Crippen molar-refractivity contribution in [2.45, 2.75) is 74.9 Å². The third kappa shape index (κ3) is 6.47. The lowest BCUT2D eigenvalue weighted by Crippen LogP contribution is -2.37. The summed E-state index contributed by atoms with van der Waals surface area (Å²) in [6.07, 6.45) is 4.27. The number of aromatic hydroxyl groups is 1. The van der Waals surface area contributed by atoms with Crippen LogP contribution >= 0.6 is 11.8 Å². The van der Waals surface area contributed by atoms with E-state index >= 15 is 0 Å². The quantitative estimate of drug-likeness (QED) is 0.286. The summed E-state index contributed by atoms with van der Waals surface area (Å²) in [5.41, 5.74) is 1.56. The zero-order valence-electron chi connectivity index (χ0n) is 23.5. The smallest absolute Gasteiger partial charge is 0.348 e. The van der Waals surface area contributed by atoms with Gasteiger partial charge in [0.15, 0.2) is 0 Å². The van der Waals surface area contributed by atoms with Crippen molar-refractivity contribution in [3.05, 3.63) is 76.1 Å². The number of thioether (sulfide) groups is 1. The molecule has 214 valence electrons. The number of ether oxygens (including phenoxy) is 1. The molecule has 0 saturated carbocycles. The van der Waals surface area contributed by atoms with Gasteiger partial charge >= 0.3 is 5.97 Å². The Balaban J connectivity index is 1.60. The van der Waals surface area contributed by atoms with E-state index in [2.05, 4.69) is 9.71 Å². The molecule has 0 spiro atoms. The fraction of sp³-hybridized carbons (Fsp3) is 0.379. The van der Waals surface area contributed by atoms with Gasteiger partial charge in [0, 0.05) is 30.8 Å². The van der Waals surface area contributed by atoms with Crippen LogP contribution in [0.1, 0.15) is 57.2 Å². The minimum Gasteiger partial charge on any atom is -0.511 e. The Kier molecular flexibility index (Phi) is 8.01. The van der Waals surface area contributed by atoms with Crippen LogP contribution in [0.2, 0.25) is 0 Å². The Morgan fingerprint density at radius 3 is 2.42 bits per heavy atom. The number of nitrogens with zero attached hydrogens (tertiary/aromatic N) is 2. The second kappa shape index (κ2) is 10.9. The monoisotopic (exact) mass is 585 g/mol. The van der Waals surface area contributed by atoms with Crippen LogP contribution < -0.4 is 4.72 Å². The number of hydrogen-bond acceptors (Lipinski definition) is 8. The Morgan fingerprint density at radius 2 is 1.85 bits per heavy atom. The lowest BCUT2D eigenvalue weighted by atomic mass is 9.86. The second-order valence-electron chi connectivity index (χ2n) is 11.4. The van der Waals surface area contributed by atoms with E-state index in [1.165, 1.54) is 10.8 Å². The van der Waals surface area contributed by atoms with Gasteiger partial charge in [-0.3, -0.25) is 4.72 Å². The molecule has 1 aliphatic heterocycles. The highest BCUT2D eigenvalue weighted by Crippen LogP contribution is 2.44. The van der Waals surface area contributed by atoms with Crippen molar-refractivity contribution in [1.82, 2.24) is 9.55 Å². The fourth-order valence-corrected chi connectivity index (χ4v) is 7.03. The summed E-state index contributed by atoms with van der Waals surface area (Å²) in [5.74, 6) is -0.449. The van der Waals surface area contributed by atoms with E-state index in [4.69, 9.17) is 4.74 Å². The number of rotatable bonds is 8. The lowest BCUT2D eigenvalue weighted by Gasteiger charge is -2.34. The molecule has 9 nitrogen and oxygen atoms in total. The Morgan fingerprint density at radius 1 is 1.18 bits per heavy atom. The number of carbonyl (C=O) groups excluding carboxylic acids is 1. The van der Waals surface area contributed by atoms with Gasteiger partial charge in [-0.05, 0) is 73.1 Å². The molecule has 0 aliphatic carbocycles. The summed E-state index contributed by atoms with van der Waals surface area (Å²) in [4.78, 5) is 17.9. The maximum Gasteiger partial charge on any atom is 0.348 e. The summed E-state index contributed by atoms with van der Waals surface area (Å²) in [5, 5.41) is 20.4. The SMILES string of the molecule is Cc1cc(SC2=C(O)CC(C)(CCc3ccc(O)cc3)OC2=O)c(C(C)(C)C)cc1NS(=O)(=O)c1nccn1C. The van der Waals surface area contributed by atoms with Crippen molar-refractivity contribution < 1.29 is 28.2 Å². The molecular formula is C29H35N3O6S2. The largest absolute Gasteiger partial charge is 0.511 e. The first kappa shape index (κ1) is 29.5. The number of aromatic nitrogens is 2. The molecule has 0 radical (unpaired) electrons. The summed E-state index contributed by atoms with van der Waals surface area (Å²) < 4.78 is 35.9. The molecule has 1 aromatic heterocycles. The summed E-state index contributed by atoms with van der Waals surface area (Å²) in [7, 11) is -2.32. The van der Waals surface area contributed by atoms with Crippen LogP contribution in [0.15, 0.2) is 69.5 Å². The number of phenolic OH excluding ortho intramolecular Hbond substituents is 1. The molecule has 2 aromatic carbocycles. The van der Waals surface area contributed by atoms with Gasteiger partial charge in [0.2, 0.25) is 5.16 Å². The zero-order valence-corrected chi connectivity index (χ0v) is 25.1. The molecule has 2 heterocycles. The molecule has 1 aliphatic rings. The molecule has 11 heteroatoms. The number of nitrogens with one attached hydrogen (secondary N) is 1. The molecule has 3 N–H and O–H groups in total. The number of cyclic esters (lactones) is 1. The normalized spacial score (nSPS) is 18.1. The molecule has 4 rings (SSSR count). The highest BCUT2D eigenvalue weighted by atomic mass is 32.2. The lowest BCUT2D eigenvalue weighted by molar-refractivity contribution is -0.156. The van der Waals surface area contributed by atoms with Gasteiger partial charge in [-0.1, -0.05) is 44.7 Å². The van der Waals surface area contributed by atoms with Gasteiger partial charge in [-0.2, -0.15) is 8.42 Å². The number of phenols is 1. The van der Waals surface area contributed by atoms with Crippen LogP contribution in [0.5, 0.6) is 5.75 Å². The van der Waals surface area contributed by atoms with Crippen molar-refractivity contribution in [2.75, 3.05) is 4.72 Å². The molecule has 0 amide bonds. The third-order valence-electron chi connectivity index (χ3n) is 6.82. The maximum atomic E-state index is 13.1. The van der Waals surface area contributed by atoms with E-state index < -0.39 is 27.0 Å². The first-order valence-electron chi connectivity index (χ1n) is 12.8. The van der Waals surface area contributed by atoms with Gasteiger partial charge in [-0.15, -0.1) is 0 Å². The number of imidazole rings is 1. The van der Waals surface area contributed by atoms with E-state index in [1.54, 1.807) is 45.3 Å². The molecule has 0 saturated heterocycles. The number of aryl methyl sites for hydroxylation is 3. The number of aliphatic hydroxyl groups excluding tert-OH is 1. The van der Waals surface area contributed by atoms with Gasteiger partial charge in [0.1, 0.15) is 22.0 Å². The van der Waals surface area contributed by atoms with Crippen LogP contribution in [0.25, 0.3) is 0 Å². The maximum absolute atomic E-state index is 13.1. The van der Waals surface area contributed by atoms with Crippen LogP contribution in [0, 0.1) is 6.92 Å². The molecular weight excluding hydrogens is 550 g/mol. The molecule has 40 heavy (non-hydrogen) atoms. The predicted octanol–water partition coefficient (Wildman–Crippen LogP) is 5.73. The van der Waals surface area contributed by atoms with Gasteiger partial charge in [0.05, 0.1) is 5.69 Å². The number of benzene rings is 2. The number of sulfonamides is 1. The summed E-state index contributed by atoms with van der Waals surface area (Å²) >= 11 is 1.13. The average molecular weight is 586 g/mol. The van der Waals surface area contributed by atoms with Gasteiger partial charge < -0.3 is 19.5 Å². The highest BCUT2D eigenvalue weighted by Gasteiger charge is 2.39.